The van der Waals surface area contributed by atoms with Crippen LogP contribution in [0.4, 0.5) is 17.1 Å². The second kappa shape index (κ2) is 13.2. The lowest BCUT2D eigenvalue weighted by Crippen LogP contribution is -2.09. The summed E-state index contributed by atoms with van der Waals surface area (Å²) in [4.78, 5) is 2.31. The van der Waals surface area contributed by atoms with Gasteiger partial charge in [0.25, 0.3) is 0 Å². The molecule has 9 rings (SSSR count). The third-order valence-corrected chi connectivity index (χ3v) is 10.2. The SMILES string of the molecule is Cc1ccc(-c2ccc(-n3c4ccccc4c4cc(-c5ccc(-c6ccc(N(c7ccccc7)c7ccc(C)cc7)cc6)cc5)ccc43)cc2)cc1. The molecule has 0 aliphatic rings. The quantitative estimate of drug-likeness (QED) is 0.164. The Labute approximate surface area is 305 Å². The van der Waals surface area contributed by atoms with Gasteiger partial charge in [-0.3, -0.25) is 0 Å². The van der Waals surface area contributed by atoms with Gasteiger partial charge in [-0.05, 0) is 114 Å². The summed E-state index contributed by atoms with van der Waals surface area (Å²) in [6, 6.07) is 70.4. The summed E-state index contributed by atoms with van der Waals surface area (Å²) in [6.07, 6.45) is 0. The van der Waals surface area contributed by atoms with Gasteiger partial charge in [-0.2, -0.15) is 0 Å². The second-order valence-electron chi connectivity index (χ2n) is 13.6. The summed E-state index contributed by atoms with van der Waals surface area (Å²) in [5.74, 6) is 0. The van der Waals surface area contributed by atoms with E-state index in [0.717, 1.165) is 22.7 Å². The van der Waals surface area contributed by atoms with Crippen molar-refractivity contribution < 1.29 is 0 Å². The van der Waals surface area contributed by atoms with Gasteiger partial charge in [-0.1, -0.05) is 139 Å². The number of anilines is 3. The van der Waals surface area contributed by atoms with Gasteiger partial charge in [-0.25, -0.2) is 0 Å². The molecular weight excluding hydrogens is 629 g/mol. The molecule has 248 valence electrons. The maximum Gasteiger partial charge on any atom is 0.0541 e. The standard InChI is InChI=1S/C50H38N2/c1-35-12-16-37(17-13-35)39-24-31-46(32-25-39)52-49-11-7-6-10-47(49)48-34-42(26-33-50(48)52)41-20-18-38(19-21-41)40-22-29-45(30-23-40)51(43-8-4-3-5-9-43)44-27-14-36(2)15-28-44/h3-34H,1-2H3. The third-order valence-electron chi connectivity index (χ3n) is 10.2. The molecule has 0 radical (unpaired) electrons. The largest absolute Gasteiger partial charge is 0.311 e. The molecule has 1 aromatic heterocycles. The predicted octanol–water partition coefficient (Wildman–Crippen LogP) is 13.9. The molecule has 0 spiro atoms. The van der Waals surface area contributed by atoms with Gasteiger partial charge in [0.15, 0.2) is 0 Å². The summed E-state index contributed by atoms with van der Waals surface area (Å²) in [5.41, 5.74) is 16.8. The fourth-order valence-corrected chi connectivity index (χ4v) is 7.36. The van der Waals surface area contributed by atoms with Crippen LogP contribution in [-0.2, 0) is 0 Å². The Morgan fingerprint density at radius 1 is 0.327 bits per heavy atom. The smallest absolute Gasteiger partial charge is 0.0541 e. The molecule has 0 atom stereocenters. The molecule has 0 N–H and O–H groups in total. The van der Waals surface area contributed by atoms with Crippen LogP contribution < -0.4 is 4.90 Å². The monoisotopic (exact) mass is 666 g/mol. The Bertz CT molecular complexity index is 2630. The lowest BCUT2D eigenvalue weighted by molar-refractivity contribution is 1.18. The van der Waals surface area contributed by atoms with E-state index in [1.54, 1.807) is 0 Å². The van der Waals surface area contributed by atoms with Crippen molar-refractivity contribution in [2.45, 2.75) is 13.8 Å². The molecule has 0 aliphatic heterocycles. The van der Waals surface area contributed by atoms with E-state index in [4.69, 9.17) is 0 Å². The van der Waals surface area contributed by atoms with E-state index in [2.05, 4.69) is 217 Å². The molecule has 9 aromatic rings. The number of aryl methyl sites for hydroxylation is 2. The number of hydrogen-bond donors (Lipinski definition) is 0. The van der Waals surface area contributed by atoms with Crippen LogP contribution in [0.2, 0.25) is 0 Å². The Hall–Kier alpha value is -6.64. The van der Waals surface area contributed by atoms with Gasteiger partial charge in [0, 0.05) is 33.5 Å². The number of hydrogen-bond acceptors (Lipinski definition) is 1. The molecule has 8 aromatic carbocycles. The van der Waals surface area contributed by atoms with E-state index in [1.807, 2.05) is 0 Å². The van der Waals surface area contributed by atoms with Crippen LogP contribution in [0.1, 0.15) is 11.1 Å². The van der Waals surface area contributed by atoms with Crippen LogP contribution in [0.5, 0.6) is 0 Å². The van der Waals surface area contributed by atoms with Crippen molar-refractivity contribution in [2.75, 3.05) is 4.90 Å². The fraction of sp³-hybridized carbons (Fsp3) is 0.0400. The molecule has 0 unspecified atom stereocenters. The number of para-hydroxylation sites is 2. The molecule has 2 heteroatoms. The van der Waals surface area contributed by atoms with Crippen molar-refractivity contribution in [1.29, 1.82) is 0 Å². The number of fused-ring (bicyclic) bond motifs is 3. The van der Waals surface area contributed by atoms with Crippen molar-refractivity contribution in [3.63, 3.8) is 0 Å². The molecule has 52 heavy (non-hydrogen) atoms. The second-order valence-corrected chi connectivity index (χ2v) is 13.6. The summed E-state index contributed by atoms with van der Waals surface area (Å²) in [6.45, 7) is 4.25. The van der Waals surface area contributed by atoms with Crippen molar-refractivity contribution in [3.8, 4) is 39.1 Å². The first-order valence-corrected chi connectivity index (χ1v) is 17.9. The minimum Gasteiger partial charge on any atom is -0.311 e. The van der Waals surface area contributed by atoms with Crippen molar-refractivity contribution in [1.82, 2.24) is 4.57 Å². The molecular formula is C50H38N2. The van der Waals surface area contributed by atoms with Crippen LogP contribution in [0.3, 0.4) is 0 Å². The van der Waals surface area contributed by atoms with Crippen LogP contribution in [0.25, 0.3) is 60.9 Å². The summed E-state index contributed by atoms with van der Waals surface area (Å²) in [7, 11) is 0. The van der Waals surface area contributed by atoms with E-state index in [9.17, 15) is 0 Å². The van der Waals surface area contributed by atoms with Gasteiger partial charge in [0.05, 0.1) is 11.0 Å². The highest BCUT2D eigenvalue weighted by Gasteiger charge is 2.15. The first kappa shape index (κ1) is 31.3. The zero-order chi connectivity index (χ0) is 35.0. The van der Waals surface area contributed by atoms with Crippen molar-refractivity contribution in [2.24, 2.45) is 0 Å². The highest BCUT2D eigenvalue weighted by Crippen LogP contribution is 2.38. The number of nitrogens with zero attached hydrogens (tertiary/aromatic N) is 2. The highest BCUT2D eigenvalue weighted by molar-refractivity contribution is 6.10. The first-order chi connectivity index (χ1) is 25.6. The van der Waals surface area contributed by atoms with Gasteiger partial charge in [0.2, 0.25) is 0 Å². The van der Waals surface area contributed by atoms with Gasteiger partial charge < -0.3 is 9.47 Å². The summed E-state index contributed by atoms with van der Waals surface area (Å²) >= 11 is 0. The maximum atomic E-state index is 2.39. The van der Waals surface area contributed by atoms with Gasteiger partial charge in [0.1, 0.15) is 0 Å². The number of aromatic nitrogens is 1. The first-order valence-electron chi connectivity index (χ1n) is 17.9. The van der Waals surface area contributed by atoms with E-state index in [1.165, 1.54) is 66.3 Å². The van der Waals surface area contributed by atoms with Gasteiger partial charge in [-0.15, -0.1) is 0 Å². The zero-order valence-electron chi connectivity index (χ0n) is 29.4. The summed E-state index contributed by atoms with van der Waals surface area (Å²) in [5, 5.41) is 2.51. The molecule has 0 saturated carbocycles. The zero-order valence-corrected chi connectivity index (χ0v) is 29.4. The Kier molecular flexibility index (Phi) is 7.98. The minimum atomic E-state index is 1.13. The Balaban J connectivity index is 1.01. The van der Waals surface area contributed by atoms with Crippen LogP contribution >= 0.6 is 0 Å². The molecule has 0 bridgehead atoms. The lowest BCUT2D eigenvalue weighted by atomic mass is 9.99. The fourth-order valence-electron chi connectivity index (χ4n) is 7.36. The maximum absolute atomic E-state index is 2.39. The third kappa shape index (κ3) is 5.85. The average Bonchev–Trinajstić information content (AvgIpc) is 3.54. The minimum absolute atomic E-state index is 1.13. The molecule has 0 amide bonds. The normalized spacial score (nSPS) is 11.3. The van der Waals surface area contributed by atoms with E-state index in [-0.39, 0.29) is 0 Å². The molecule has 0 fully saturated rings. The molecule has 2 nitrogen and oxygen atoms in total. The summed E-state index contributed by atoms with van der Waals surface area (Å²) < 4.78 is 2.39. The van der Waals surface area contributed by atoms with Crippen LogP contribution in [-0.4, -0.2) is 4.57 Å². The van der Waals surface area contributed by atoms with Crippen molar-refractivity contribution >= 4 is 38.9 Å². The van der Waals surface area contributed by atoms with Crippen molar-refractivity contribution in [3.05, 3.63) is 205 Å². The topological polar surface area (TPSA) is 8.17 Å². The van der Waals surface area contributed by atoms with E-state index < -0.39 is 0 Å². The van der Waals surface area contributed by atoms with Crippen LogP contribution in [0, 0.1) is 13.8 Å². The molecule has 1 heterocycles. The highest BCUT2D eigenvalue weighted by atomic mass is 15.1. The molecule has 0 aliphatic carbocycles. The Morgan fingerprint density at radius 2 is 0.731 bits per heavy atom. The average molecular weight is 667 g/mol. The van der Waals surface area contributed by atoms with Crippen LogP contribution in [0.15, 0.2) is 194 Å². The lowest BCUT2D eigenvalue weighted by Gasteiger charge is -2.25. The number of benzene rings is 8. The predicted molar refractivity (Wildman–Crippen MR) is 221 cm³/mol. The van der Waals surface area contributed by atoms with E-state index in [0.29, 0.717) is 0 Å². The molecule has 0 saturated heterocycles. The Morgan fingerprint density at radius 3 is 1.35 bits per heavy atom. The number of rotatable bonds is 7. The van der Waals surface area contributed by atoms with E-state index >= 15 is 0 Å². The van der Waals surface area contributed by atoms with Gasteiger partial charge >= 0.3 is 0 Å².